The van der Waals surface area contributed by atoms with Gasteiger partial charge in [0.05, 0.1) is 0 Å². The zero-order valence-electron chi connectivity index (χ0n) is 11.6. The Morgan fingerprint density at radius 2 is 1.94 bits per heavy atom. The van der Waals surface area contributed by atoms with E-state index in [1.165, 1.54) is 38.2 Å². The van der Waals surface area contributed by atoms with E-state index in [1.807, 2.05) is 12.1 Å². The number of likely N-dealkylation sites (N-methyl/N-ethyl adjacent to an activating group) is 1. The average molecular weight is 247 g/mol. The minimum Gasteiger partial charge on any atom is -0.399 e. The van der Waals surface area contributed by atoms with Gasteiger partial charge in [-0.2, -0.15) is 0 Å². The average Bonchev–Trinajstić information content (AvgIpc) is 2.36. The van der Waals surface area contributed by atoms with Gasteiger partial charge in [-0.15, -0.1) is 0 Å². The maximum atomic E-state index is 5.69. The molecule has 0 aromatic heterocycles. The number of benzene rings is 1. The van der Waals surface area contributed by atoms with E-state index in [4.69, 9.17) is 5.73 Å². The van der Waals surface area contributed by atoms with E-state index in [-0.39, 0.29) is 0 Å². The summed E-state index contributed by atoms with van der Waals surface area (Å²) in [6.45, 7) is 7.14. The second-order valence-electron chi connectivity index (χ2n) is 5.48. The van der Waals surface area contributed by atoms with Crippen LogP contribution in [0.4, 0.5) is 5.69 Å². The summed E-state index contributed by atoms with van der Waals surface area (Å²) in [5.74, 6) is 0. The minimum atomic E-state index is 0.690. The molecule has 1 aliphatic heterocycles. The molecule has 1 aromatic carbocycles. The van der Waals surface area contributed by atoms with E-state index in [2.05, 4.69) is 35.9 Å². The molecule has 0 spiro atoms. The molecule has 1 fully saturated rings. The summed E-state index contributed by atoms with van der Waals surface area (Å²) in [7, 11) is 2.22. The molecule has 2 rings (SSSR count). The molecule has 1 heterocycles. The van der Waals surface area contributed by atoms with Crippen LogP contribution in [-0.2, 0) is 6.42 Å². The van der Waals surface area contributed by atoms with Gasteiger partial charge in [0.25, 0.3) is 0 Å². The molecule has 18 heavy (non-hydrogen) atoms. The van der Waals surface area contributed by atoms with E-state index in [0.29, 0.717) is 6.04 Å². The van der Waals surface area contributed by atoms with Gasteiger partial charge in [0.2, 0.25) is 0 Å². The molecule has 3 heteroatoms. The monoisotopic (exact) mass is 247 g/mol. The molecular weight excluding hydrogens is 222 g/mol. The number of anilines is 1. The minimum absolute atomic E-state index is 0.690. The molecule has 100 valence electrons. The number of hydrogen-bond donors (Lipinski definition) is 1. The second-order valence-corrected chi connectivity index (χ2v) is 5.48. The fraction of sp³-hybridized carbons (Fsp3) is 0.600. The first-order chi connectivity index (χ1) is 8.65. The molecule has 0 bridgehead atoms. The third kappa shape index (κ3) is 3.72. The number of nitrogens with zero attached hydrogens (tertiary/aromatic N) is 2. The molecule has 0 aliphatic carbocycles. The molecule has 2 N–H and O–H groups in total. The first-order valence-electron chi connectivity index (χ1n) is 6.92. The standard InChI is InChI=1S/C15H25N3/c1-13-12-18(11-10-17(13)2)9-3-4-14-5-7-15(16)8-6-14/h5-8,13H,3-4,9-12,16H2,1-2H3. The van der Waals surface area contributed by atoms with Gasteiger partial charge in [0, 0.05) is 31.4 Å². The van der Waals surface area contributed by atoms with Crippen LogP contribution in [0.15, 0.2) is 24.3 Å². The van der Waals surface area contributed by atoms with E-state index in [9.17, 15) is 0 Å². The predicted octanol–water partition coefficient (Wildman–Crippen LogP) is 1.84. The molecule has 1 aliphatic rings. The first-order valence-corrected chi connectivity index (χ1v) is 6.92. The van der Waals surface area contributed by atoms with E-state index >= 15 is 0 Å². The van der Waals surface area contributed by atoms with Crippen LogP contribution < -0.4 is 5.73 Å². The van der Waals surface area contributed by atoms with Crippen molar-refractivity contribution in [3.8, 4) is 0 Å². The zero-order chi connectivity index (χ0) is 13.0. The highest BCUT2D eigenvalue weighted by Gasteiger charge is 2.19. The van der Waals surface area contributed by atoms with Crippen LogP contribution in [0.1, 0.15) is 18.9 Å². The normalized spacial score (nSPS) is 22.2. The number of hydrogen-bond acceptors (Lipinski definition) is 3. The van der Waals surface area contributed by atoms with Crippen LogP contribution in [0.2, 0.25) is 0 Å². The van der Waals surface area contributed by atoms with Crippen molar-refractivity contribution in [2.24, 2.45) is 0 Å². The quantitative estimate of drug-likeness (QED) is 0.824. The van der Waals surface area contributed by atoms with Crippen LogP contribution in [0, 0.1) is 0 Å². The highest BCUT2D eigenvalue weighted by molar-refractivity contribution is 5.39. The largest absolute Gasteiger partial charge is 0.399 e. The molecular formula is C15H25N3. The van der Waals surface area contributed by atoms with Crippen molar-refractivity contribution in [1.29, 1.82) is 0 Å². The summed E-state index contributed by atoms with van der Waals surface area (Å²) in [6, 6.07) is 8.96. The van der Waals surface area contributed by atoms with E-state index < -0.39 is 0 Å². The SMILES string of the molecule is CC1CN(CCCc2ccc(N)cc2)CCN1C. The Morgan fingerprint density at radius 3 is 2.61 bits per heavy atom. The molecule has 0 radical (unpaired) electrons. The van der Waals surface area contributed by atoms with Crippen molar-refractivity contribution >= 4 is 5.69 Å². The highest BCUT2D eigenvalue weighted by atomic mass is 15.3. The highest BCUT2D eigenvalue weighted by Crippen LogP contribution is 2.10. The summed E-state index contributed by atoms with van der Waals surface area (Å²) in [5.41, 5.74) is 7.94. The number of piperazine rings is 1. The summed E-state index contributed by atoms with van der Waals surface area (Å²) in [6.07, 6.45) is 2.39. The van der Waals surface area contributed by atoms with Gasteiger partial charge >= 0.3 is 0 Å². The molecule has 1 saturated heterocycles. The Balaban J connectivity index is 1.71. The first kappa shape index (κ1) is 13.4. The molecule has 1 atom stereocenters. The lowest BCUT2D eigenvalue weighted by atomic mass is 10.1. The maximum absolute atomic E-state index is 5.69. The maximum Gasteiger partial charge on any atom is 0.0314 e. The molecule has 0 saturated carbocycles. The van der Waals surface area contributed by atoms with Gasteiger partial charge in [0.1, 0.15) is 0 Å². The third-order valence-corrected chi connectivity index (χ3v) is 3.96. The lowest BCUT2D eigenvalue weighted by Crippen LogP contribution is -2.50. The Bertz CT molecular complexity index is 361. The van der Waals surface area contributed by atoms with Crippen molar-refractivity contribution in [3.63, 3.8) is 0 Å². The van der Waals surface area contributed by atoms with Crippen molar-refractivity contribution in [1.82, 2.24) is 9.80 Å². The van der Waals surface area contributed by atoms with Crippen LogP contribution >= 0.6 is 0 Å². The van der Waals surface area contributed by atoms with E-state index in [0.717, 1.165) is 12.1 Å². The van der Waals surface area contributed by atoms with Crippen LogP contribution in [0.5, 0.6) is 0 Å². The van der Waals surface area contributed by atoms with Crippen molar-refractivity contribution < 1.29 is 0 Å². The zero-order valence-corrected chi connectivity index (χ0v) is 11.6. The molecule has 1 aromatic rings. The summed E-state index contributed by atoms with van der Waals surface area (Å²) >= 11 is 0. The molecule has 1 unspecified atom stereocenters. The summed E-state index contributed by atoms with van der Waals surface area (Å²) < 4.78 is 0. The Hall–Kier alpha value is -1.06. The Morgan fingerprint density at radius 1 is 1.22 bits per heavy atom. The van der Waals surface area contributed by atoms with E-state index in [1.54, 1.807) is 0 Å². The van der Waals surface area contributed by atoms with Crippen molar-refractivity contribution in [2.75, 3.05) is 39.0 Å². The smallest absolute Gasteiger partial charge is 0.0314 e. The van der Waals surface area contributed by atoms with Gasteiger partial charge in [-0.25, -0.2) is 0 Å². The predicted molar refractivity (Wildman–Crippen MR) is 77.7 cm³/mol. The summed E-state index contributed by atoms with van der Waals surface area (Å²) in [4.78, 5) is 5.03. The second kappa shape index (κ2) is 6.21. The lowest BCUT2D eigenvalue weighted by molar-refractivity contribution is 0.104. The number of rotatable bonds is 4. The number of nitrogen functional groups attached to an aromatic ring is 1. The van der Waals surface area contributed by atoms with Crippen molar-refractivity contribution in [2.45, 2.75) is 25.8 Å². The topological polar surface area (TPSA) is 32.5 Å². The lowest BCUT2D eigenvalue weighted by Gasteiger charge is -2.37. The fourth-order valence-electron chi connectivity index (χ4n) is 2.52. The Labute approximate surface area is 111 Å². The van der Waals surface area contributed by atoms with Crippen LogP contribution in [0.3, 0.4) is 0 Å². The third-order valence-electron chi connectivity index (χ3n) is 3.96. The van der Waals surface area contributed by atoms with Gasteiger partial charge < -0.3 is 15.5 Å². The van der Waals surface area contributed by atoms with Crippen molar-refractivity contribution in [3.05, 3.63) is 29.8 Å². The van der Waals surface area contributed by atoms with Crippen LogP contribution in [0.25, 0.3) is 0 Å². The van der Waals surface area contributed by atoms with Gasteiger partial charge in [0.15, 0.2) is 0 Å². The Kier molecular flexibility index (Phi) is 4.61. The number of nitrogens with two attached hydrogens (primary N) is 1. The van der Waals surface area contributed by atoms with Crippen LogP contribution in [-0.4, -0.2) is 49.1 Å². The van der Waals surface area contributed by atoms with Gasteiger partial charge in [-0.05, 0) is 51.1 Å². The summed E-state index contributed by atoms with van der Waals surface area (Å²) in [5, 5.41) is 0. The molecule has 3 nitrogen and oxygen atoms in total. The van der Waals surface area contributed by atoms with Gasteiger partial charge in [-0.3, -0.25) is 0 Å². The molecule has 0 amide bonds. The van der Waals surface area contributed by atoms with Gasteiger partial charge in [-0.1, -0.05) is 12.1 Å². The number of aryl methyl sites for hydroxylation is 1. The fourth-order valence-corrected chi connectivity index (χ4v) is 2.52.